The summed E-state index contributed by atoms with van der Waals surface area (Å²) in [5.41, 5.74) is 3.01. The highest BCUT2D eigenvalue weighted by Gasteiger charge is 2.27. The Morgan fingerprint density at radius 2 is 1.93 bits per heavy atom. The Morgan fingerprint density at radius 3 is 2.66 bits per heavy atom. The number of hydrogen-bond acceptors (Lipinski definition) is 5. The summed E-state index contributed by atoms with van der Waals surface area (Å²) in [6, 6.07) is 2.85. The Balaban J connectivity index is 1.30. The van der Waals surface area contributed by atoms with E-state index in [4.69, 9.17) is 16.6 Å². The van der Waals surface area contributed by atoms with Crippen LogP contribution in [0.1, 0.15) is 50.3 Å². The first-order valence-corrected chi connectivity index (χ1v) is 10.8. The molecule has 0 atom stereocenters. The van der Waals surface area contributed by atoms with Gasteiger partial charge in [0.2, 0.25) is 5.95 Å². The molecule has 5 rings (SSSR count). The van der Waals surface area contributed by atoms with Crippen molar-refractivity contribution in [1.82, 2.24) is 29.5 Å². The average Bonchev–Trinajstić information content (AvgIpc) is 3.24. The van der Waals surface area contributed by atoms with Crippen LogP contribution in [0.5, 0.6) is 0 Å². The third-order valence-electron chi connectivity index (χ3n) is 6.17. The Bertz CT molecular complexity index is 969. The molecule has 7 nitrogen and oxygen atoms in total. The fourth-order valence-electron chi connectivity index (χ4n) is 4.29. The molecule has 0 aromatic carbocycles. The van der Waals surface area contributed by atoms with Gasteiger partial charge in [0.15, 0.2) is 0 Å². The van der Waals surface area contributed by atoms with Gasteiger partial charge in [0.1, 0.15) is 0 Å². The minimum Gasteiger partial charge on any atom is -0.351 e. The molecule has 3 heterocycles. The normalized spacial score (nSPS) is 22.0. The van der Waals surface area contributed by atoms with Crippen molar-refractivity contribution in [3.63, 3.8) is 0 Å². The lowest BCUT2D eigenvalue weighted by Crippen LogP contribution is -2.28. The summed E-state index contributed by atoms with van der Waals surface area (Å²) in [6.45, 7) is 0. The summed E-state index contributed by atoms with van der Waals surface area (Å²) < 4.78 is 4.03. The van der Waals surface area contributed by atoms with E-state index in [9.17, 15) is 0 Å². The summed E-state index contributed by atoms with van der Waals surface area (Å²) >= 11 is 6.48. The first-order valence-electron chi connectivity index (χ1n) is 10.5. The van der Waals surface area contributed by atoms with Gasteiger partial charge in [-0.25, -0.2) is 9.97 Å². The molecular weight excluding hydrogens is 386 g/mol. The summed E-state index contributed by atoms with van der Waals surface area (Å²) in [5, 5.41) is 12.9. The zero-order valence-electron chi connectivity index (χ0n) is 16.6. The fourth-order valence-corrected chi connectivity index (χ4v) is 4.48. The number of rotatable bonds is 6. The van der Waals surface area contributed by atoms with Gasteiger partial charge in [0.25, 0.3) is 0 Å². The molecule has 0 saturated heterocycles. The molecule has 0 amide bonds. The molecule has 2 aliphatic rings. The summed E-state index contributed by atoms with van der Waals surface area (Å²) in [6.07, 6.45) is 15.5. The van der Waals surface area contributed by atoms with Crippen LogP contribution in [0, 0.1) is 5.92 Å². The lowest BCUT2D eigenvalue weighted by atomic mass is 9.91. The van der Waals surface area contributed by atoms with E-state index < -0.39 is 0 Å². The minimum atomic E-state index is 0.371. The molecule has 0 radical (unpaired) electrons. The van der Waals surface area contributed by atoms with E-state index in [-0.39, 0.29) is 0 Å². The van der Waals surface area contributed by atoms with Gasteiger partial charge >= 0.3 is 0 Å². The number of aryl methyl sites for hydroxylation is 1. The van der Waals surface area contributed by atoms with Gasteiger partial charge in [-0.15, -0.1) is 0 Å². The van der Waals surface area contributed by atoms with Gasteiger partial charge in [-0.2, -0.15) is 10.2 Å². The maximum Gasteiger partial charge on any atom is 0.223 e. The highest BCUT2D eigenvalue weighted by Crippen LogP contribution is 2.37. The van der Waals surface area contributed by atoms with E-state index in [2.05, 4.69) is 31.4 Å². The zero-order valence-corrected chi connectivity index (χ0v) is 17.4. The predicted octanol–water partition coefficient (Wildman–Crippen LogP) is 4.28. The maximum atomic E-state index is 6.48. The number of hydrogen-bond donors (Lipinski definition) is 1. The van der Waals surface area contributed by atoms with Crippen LogP contribution in [-0.2, 0) is 13.5 Å². The van der Waals surface area contributed by atoms with Crippen LogP contribution in [0.25, 0.3) is 11.3 Å². The molecule has 0 aliphatic heterocycles. The van der Waals surface area contributed by atoms with Crippen LogP contribution in [0.15, 0.2) is 30.9 Å². The van der Waals surface area contributed by atoms with Gasteiger partial charge in [-0.05, 0) is 56.9 Å². The highest BCUT2D eigenvalue weighted by molar-refractivity contribution is 6.32. The van der Waals surface area contributed by atoms with Crippen molar-refractivity contribution < 1.29 is 0 Å². The van der Waals surface area contributed by atoms with Gasteiger partial charge in [0.05, 0.1) is 29.2 Å². The lowest BCUT2D eigenvalue weighted by Gasteiger charge is -2.29. The predicted molar refractivity (Wildman–Crippen MR) is 113 cm³/mol. The second kappa shape index (κ2) is 7.78. The van der Waals surface area contributed by atoms with Crippen molar-refractivity contribution in [1.29, 1.82) is 0 Å². The zero-order chi connectivity index (χ0) is 19.8. The first-order chi connectivity index (χ1) is 14.2. The number of anilines is 1. The molecule has 3 aromatic heterocycles. The van der Waals surface area contributed by atoms with E-state index in [1.54, 1.807) is 6.20 Å². The van der Waals surface area contributed by atoms with E-state index >= 15 is 0 Å². The maximum absolute atomic E-state index is 6.48. The molecule has 2 saturated carbocycles. The second-order valence-corrected chi connectivity index (χ2v) is 8.71. The Labute approximate surface area is 175 Å². The topological polar surface area (TPSA) is 73.5 Å². The molecule has 8 heteroatoms. The van der Waals surface area contributed by atoms with E-state index in [1.165, 1.54) is 18.5 Å². The van der Waals surface area contributed by atoms with Crippen LogP contribution < -0.4 is 5.32 Å². The molecule has 2 aliphatic carbocycles. The van der Waals surface area contributed by atoms with Crippen LogP contribution in [0.3, 0.4) is 0 Å². The largest absolute Gasteiger partial charge is 0.351 e. The standard InChI is InChI=1S/C21H26ClN7/c1-28-19(11-14-3-4-14)17(12-25-28)20-18(22)13-23-21(27-20)26-15-5-7-16(8-6-15)29-10-2-9-24-29/h2,9-10,12-16H,3-8,11H2,1H3,(H,23,26,27). The molecule has 29 heavy (non-hydrogen) atoms. The van der Waals surface area contributed by atoms with E-state index in [0.29, 0.717) is 23.1 Å². The number of nitrogens with one attached hydrogen (secondary N) is 1. The van der Waals surface area contributed by atoms with Gasteiger partial charge in [-0.1, -0.05) is 11.6 Å². The molecule has 0 spiro atoms. The molecule has 3 aromatic rings. The number of aromatic nitrogens is 6. The first kappa shape index (κ1) is 18.6. The monoisotopic (exact) mass is 411 g/mol. The van der Waals surface area contributed by atoms with Crippen molar-refractivity contribution in [2.75, 3.05) is 5.32 Å². The Morgan fingerprint density at radius 1 is 1.10 bits per heavy atom. The van der Waals surface area contributed by atoms with Crippen LogP contribution in [0.4, 0.5) is 5.95 Å². The number of nitrogens with zero attached hydrogens (tertiary/aromatic N) is 6. The summed E-state index contributed by atoms with van der Waals surface area (Å²) in [4.78, 5) is 9.22. The summed E-state index contributed by atoms with van der Waals surface area (Å²) in [5.74, 6) is 1.42. The Kier molecular flexibility index (Phi) is 4.99. The molecule has 1 N–H and O–H groups in total. The van der Waals surface area contributed by atoms with E-state index in [0.717, 1.165) is 49.3 Å². The third kappa shape index (κ3) is 4.01. The number of halogens is 1. The van der Waals surface area contributed by atoms with Gasteiger partial charge in [-0.3, -0.25) is 9.36 Å². The summed E-state index contributed by atoms with van der Waals surface area (Å²) in [7, 11) is 1.99. The van der Waals surface area contributed by atoms with Crippen molar-refractivity contribution in [2.24, 2.45) is 13.0 Å². The van der Waals surface area contributed by atoms with Crippen molar-refractivity contribution in [3.8, 4) is 11.3 Å². The van der Waals surface area contributed by atoms with Crippen LogP contribution in [0.2, 0.25) is 5.02 Å². The Hall–Kier alpha value is -2.41. The minimum absolute atomic E-state index is 0.371. The quantitative estimate of drug-likeness (QED) is 0.655. The van der Waals surface area contributed by atoms with Crippen molar-refractivity contribution >= 4 is 17.5 Å². The van der Waals surface area contributed by atoms with Gasteiger partial charge < -0.3 is 5.32 Å². The molecule has 2 fully saturated rings. The van der Waals surface area contributed by atoms with Crippen molar-refractivity contribution in [3.05, 3.63) is 41.6 Å². The van der Waals surface area contributed by atoms with Gasteiger partial charge in [0, 0.05) is 36.7 Å². The lowest BCUT2D eigenvalue weighted by molar-refractivity contribution is 0.313. The van der Waals surface area contributed by atoms with E-state index in [1.807, 2.05) is 30.2 Å². The molecular formula is C21H26ClN7. The molecule has 0 bridgehead atoms. The van der Waals surface area contributed by atoms with Crippen LogP contribution >= 0.6 is 11.6 Å². The average molecular weight is 412 g/mol. The SMILES string of the molecule is Cn1ncc(-c2nc(NC3CCC(n4cccn4)CC3)ncc2Cl)c1CC1CC1. The second-order valence-electron chi connectivity index (χ2n) is 8.30. The highest BCUT2D eigenvalue weighted by atomic mass is 35.5. The van der Waals surface area contributed by atoms with Crippen LogP contribution in [-0.4, -0.2) is 35.6 Å². The van der Waals surface area contributed by atoms with Crippen molar-refractivity contribution in [2.45, 2.75) is 57.0 Å². The fraction of sp³-hybridized carbons (Fsp3) is 0.524. The molecule has 152 valence electrons. The smallest absolute Gasteiger partial charge is 0.223 e. The molecule has 0 unspecified atom stereocenters. The third-order valence-corrected chi connectivity index (χ3v) is 6.45.